The second kappa shape index (κ2) is 6.66. The van der Waals surface area contributed by atoms with Crippen LogP contribution in [0.5, 0.6) is 0 Å². The fourth-order valence-corrected chi connectivity index (χ4v) is 3.50. The molecule has 1 N–H and O–H groups in total. The number of aryl methyl sites for hydroxylation is 1. The maximum Gasteiger partial charge on any atom is 0.309 e. The molecule has 0 aliphatic carbocycles. The predicted octanol–water partition coefficient (Wildman–Crippen LogP) is 0.436. The summed E-state index contributed by atoms with van der Waals surface area (Å²) in [4.78, 5) is 29.6. The van der Waals surface area contributed by atoms with Crippen molar-refractivity contribution in [3.8, 4) is 0 Å². The molecule has 0 radical (unpaired) electrons. The molecule has 0 saturated carbocycles. The molecule has 3 heterocycles. The Kier molecular flexibility index (Phi) is 4.61. The first-order chi connectivity index (χ1) is 11.1. The van der Waals surface area contributed by atoms with Crippen LogP contribution in [-0.2, 0) is 27.3 Å². The van der Waals surface area contributed by atoms with Crippen LogP contribution >= 0.6 is 0 Å². The molecule has 0 bridgehead atoms. The Balaban J connectivity index is 1.65. The number of hydrogen-bond donors (Lipinski definition) is 1. The topological polar surface area (TPSA) is 89.3 Å². The van der Waals surface area contributed by atoms with Gasteiger partial charge in [0.15, 0.2) is 0 Å². The molecular weight excluding hydrogens is 298 g/mol. The van der Waals surface area contributed by atoms with Gasteiger partial charge in [-0.1, -0.05) is 0 Å². The third-order valence-corrected chi connectivity index (χ3v) is 4.62. The van der Waals surface area contributed by atoms with Crippen LogP contribution in [0.4, 0.5) is 5.95 Å². The zero-order valence-electron chi connectivity index (χ0n) is 13.6. The zero-order valence-corrected chi connectivity index (χ0v) is 13.6. The van der Waals surface area contributed by atoms with Crippen LogP contribution in [0.25, 0.3) is 0 Å². The van der Waals surface area contributed by atoms with Gasteiger partial charge >= 0.3 is 5.97 Å². The summed E-state index contributed by atoms with van der Waals surface area (Å²) in [7, 11) is 1.45. The van der Waals surface area contributed by atoms with Crippen molar-refractivity contribution in [3.63, 3.8) is 0 Å². The zero-order chi connectivity index (χ0) is 16.4. The number of esters is 1. The molecule has 8 heteroatoms. The van der Waals surface area contributed by atoms with Gasteiger partial charge in [-0.2, -0.15) is 4.98 Å². The Bertz CT molecular complexity index is 600. The van der Waals surface area contributed by atoms with Gasteiger partial charge in [0, 0.05) is 25.9 Å². The minimum absolute atomic E-state index is 0.0270. The van der Waals surface area contributed by atoms with Crippen molar-refractivity contribution in [2.24, 2.45) is 5.92 Å². The second-order valence-corrected chi connectivity index (χ2v) is 6.26. The van der Waals surface area contributed by atoms with E-state index in [0.29, 0.717) is 12.0 Å². The Morgan fingerprint density at radius 3 is 2.87 bits per heavy atom. The number of nitrogens with one attached hydrogen (secondary N) is 1. The van der Waals surface area contributed by atoms with Crippen molar-refractivity contribution < 1.29 is 14.3 Å². The standard InChI is InChI=1S/C15H23N5O3/c1-10(21)16-15-17-13-6-5-12(9-20(13)18-15)19-7-3-4-11(8-19)14(22)23-2/h11-12H,3-9H2,1-2H3,(H,16,18,21). The average molecular weight is 321 g/mol. The summed E-state index contributed by atoms with van der Waals surface area (Å²) in [6.07, 6.45) is 3.73. The fraction of sp³-hybridized carbons (Fsp3) is 0.733. The molecule has 1 aromatic rings. The van der Waals surface area contributed by atoms with Gasteiger partial charge in [0.05, 0.1) is 19.6 Å². The number of ether oxygens (including phenoxy) is 1. The molecule has 1 amide bonds. The highest BCUT2D eigenvalue weighted by Crippen LogP contribution is 2.25. The molecule has 0 aromatic carbocycles. The van der Waals surface area contributed by atoms with Crippen LogP contribution in [0, 0.1) is 5.92 Å². The summed E-state index contributed by atoms with van der Waals surface area (Å²) in [6.45, 7) is 3.94. The Morgan fingerprint density at radius 1 is 1.30 bits per heavy atom. The highest BCUT2D eigenvalue weighted by atomic mass is 16.5. The molecule has 23 heavy (non-hydrogen) atoms. The van der Waals surface area contributed by atoms with E-state index in [-0.39, 0.29) is 17.8 Å². The van der Waals surface area contributed by atoms with Crippen molar-refractivity contribution in [2.75, 3.05) is 25.5 Å². The lowest BCUT2D eigenvalue weighted by Crippen LogP contribution is -2.48. The Labute approximate surface area is 135 Å². The predicted molar refractivity (Wildman–Crippen MR) is 82.7 cm³/mol. The Hall–Kier alpha value is -1.96. The molecule has 0 spiro atoms. The number of likely N-dealkylation sites (tertiary alicyclic amines) is 1. The second-order valence-electron chi connectivity index (χ2n) is 6.26. The van der Waals surface area contributed by atoms with E-state index >= 15 is 0 Å². The lowest BCUT2D eigenvalue weighted by atomic mass is 9.95. The van der Waals surface area contributed by atoms with Gasteiger partial charge in [-0.25, -0.2) is 4.68 Å². The average Bonchev–Trinajstić information content (AvgIpc) is 2.94. The quantitative estimate of drug-likeness (QED) is 0.813. The molecule has 1 saturated heterocycles. The number of nitrogens with zero attached hydrogens (tertiary/aromatic N) is 4. The van der Waals surface area contributed by atoms with E-state index < -0.39 is 0 Å². The molecule has 126 valence electrons. The van der Waals surface area contributed by atoms with Crippen molar-refractivity contribution in [2.45, 2.75) is 45.2 Å². The van der Waals surface area contributed by atoms with E-state index in [9.17, 15) is 9.59 Å². The van der Waals surface area contributed by atoms with Crippen molar-refractivity contribution >= 4 is 17.8 Å². The number of amides is 1. The summed E-state index contributed by atoms with van der Waals surface area (Å²) in [5.74, 6) is 0.980. The maximum absolute atomic E-state index is 11.8. The number of fused-ring (bicyclic) bond motifs is 1. The minimum atomic E-state index is -0.165. The number of methoxy groups -OCH3 is 1. The molecule has 3 rings (SSSR count). The lowest BCUT2D eigenvalue weighted by molar-refractivity contribution is -0.147. The van der Waals surface area contributed by atoms with Gasteiger partial charge in [-0.15, -0.1) is 5.10 Å². The lowest BCUT2D eigenvalue weighted by Gasteiger charge is -2.38. The summed E-state index contributed by atoms with van der Waals surface area (Å²) in [6, 6.07) is 0.349. The molecule has 1 aromatic heterocycles. The number of carbonyl (C=O) groups excluding carboxylic acids is 2. The summed E-state index contributed by atoms with van der Waals surface area (Å²) >= 11 is 0. The number of hydrogen-bond acceptors (Lipinski definition) is 6. The summed E-state index contributed by atoms with van der Waals surface area (Å²) in [5, 5.41) is 6.99. The van der Waals surface area contributed by atoms with Crippen molar-refractivity contribution in [3.05, 3.63) is 5.82 Å². The largest absolute Gasteiger partial charge is 0.469 e. The van der Waals surface area contributed by atoms with Gasteiger partial charge in [0.1, 0.15) is 5.82 Å². The van der Waals surface area contributed by atoms with E-state index in [1.54, 1.807) is 0 Å². The molecule has 2 unspecified atom stereocenters. The van der Waals surface area contributed by atoms with Crippen LogP contribution in [0.15, 0.2) is 0 Å². The minimum Gasteiger partial charge on any atom is -0.469 e. The van der Waals surface area contributed by atoms with Crippen LogP contribution in [-0.4, -0.2) is 57.8 Å². The van der Waals surface area contributed by atoms with Gasteiger partial charge in [0.2, 0.25) is 11.9 Å². The van der Waals surface area contributed by atoms with E-state index in [1.165, 1.54) is 14.0 Å². The number of piperidine rings is 1. The molecule has 8 nitrogen and oxygen atoms in total. The van der Waals surface area contributed by atoms with Gasteiger partial charge < -0.3 is 4.74 Å². The summed E-state index contributed by atoms with van der Waals surface area (Å²) in [5.41, 5.74) is 0. The molecule has 2 aliphatic heterocycles. The maximum atomic E-state index is 11.8. The highest BCUT2D eigenvalue weighted by Gasteiger charge is 2.32. The van der Waals surface area contributed by atoms with Crippen molar-refractivity contribution in [1.29, 1.82) is 0 Å². The third-order valence-electron chi connectivity index (χ3n) is 4.62. The molecule has 2 aliphatic rings. The number of aromatic nitrogens is 3. The van der Waals surface area contributed by atoms with Crippen LogP contribution in [0.2, 0.25) is 0 Å². The van der Waals surface area contributed by atoms with E-state index in [1.807, 2.05) is 4.68 Å². The number of rotatable bonds is 3. The van der Waals surface area contributed by atoms with Crippen LogP contribution < -0.4 is 5.32 Å². The Morgan fingerprint density at radius 2 is 2.13 bits per heavy atom. The van der Waals surface area contributed by atoms with Crippen LogP contribution in [0.1, 0.15) is 32.0 Å². The van der Waals surface area contributed by atoms with E-state index in [0.717, 1.165) is 51.1 Å². The van der Waals surface area contributed by atoms with Gasteiger partial charge in [-0.05, 0) is 25.8 Å². The van der Waals surface area contributed by atoms with Crippen molar-refractivity contribution in [1.82, 2.24) is 19.7 Å². The first kappa shape index (κ1) is 15.9. The summed E-state index contributed by atoms with van der Waals surface area (Å²) < 4.78 is 6.76. The van der Waals surface area contributed by atoms with Gasteiger partial charge in [-0.3, -0.25) is 19.8 Å². The van der Waals surface area contributed by atoms with E-state index in [2.05, 4.69) is 20.3 Å². The molecule has 1 fully saturated rings. The highest BCUT2D eigenvalue weighted by molar-refractivity contribution is 5.86. The smallest absolute Gasteiger partial charge is 0.309 e. The normalized spacial score (nSPS) is 24.8. The number of anilines is 1. The number of carbonyl (C=O) groups is 2. The molecule has 2 atom stereocenters. The monoisotopic (exact) mass is 321 g/mol. The van der Waals surface area contributed by atoms with Crippen LogP contribution in [0.3, 0.4) is 0 Å². The SMILES string of the molecule is COC(=O)C1CCCN(C2CCc3nc(NC(C)=O)nn3C2)C1. The molecular formula is C15H23N5O3. The first-order valence-electron chi connectivity index (χ1n) is 8.10. The first-order valence-corrected chi connectivity index (χ1v) is 8.10. The third kappa shape index (κ3) is 3.52. The van der Waals surface area contributed by atoms with Gasteiger partial charge in [0.25, 0.3) is 0 Å². The van der Waals surface area contributed by atoms with E-state index in [4.69, 9.17) is 4.74 Å². The fourth-order valence-electron chi connectivity index (χ4n) is 3.50.